The van der Waals surface area contributed by atoms with Gasteiger partial charge in [-0.1, -0.05) is 41.1 Å². The van der Waals surface area contributed by atoms with Crippen LogP contribution in [0.1, 0.15) is 25.8 Å². The lowest BCUT2D eigenvalue weighted by molar-refractivity contribution is -0.119. The van der Waals surface area contributed by atoms with E-state index in [9.17, 15) is 13.2 Å². The minimum atomic E-state index is -3.99. The maximum atomic E-state index is 13.3. The molecule has 3 aromatic rings. The molecule has 1 N–H and O–H groups in total. The number of sulfonamides is 1. The molecule has 0 saturated heterocycles. The highest BCUT2D eigenvalue weighted by Gasteiger charge is 2.27. The summed E-state index contributed by atoms with van der Waals surface area (Å²) in [5.74, 6) is 0.620. The summed E-state index contributed by atoms with van der Waals surface area (Å²) >= 11 is 3.35. The molecule has 190 valence electrons. The smallest absolute Gasteiger partial charge is 0.264 e. The van der Waals surface area contributed by atoms with Crippen LogP contribution in [-0.4, -0.2) is 40.3 Å². The van der Waals surface area contributed by atoms with Crippen molar-refractivity contribution >= 4 is 43.8 Å². The van der Waals surface area contributed by atoms with Gasteiger partial charge in [-0.05, 0) is 73.5 Å². The number of hydrogen-bond acceptors (Lipinski definition) is 6. The lowest BCUT2D eigenvalue weighted by Gasteiger charge is -2.23. The summed E-state index contributed by atoms with van der Waals surface area (Å²) in [5, 5.41) is 4.00. The van der Waals surface area contributed by atoms with Crippen LogP contribution >= 0.6 is 15.9 Å². The molecule has 3 aromatic carbocycles. The summed E-state index contributed by atoms with van der Waals surface area (Å²) < 4.78 is 39.8. The Kier molecular flexibility index (Phi) is 9.89. The first kappa shape index (κ1) is 27.2. The zero-order chi connectivity index (χ0) is 26.0. The number of ether oxygens (including phenoxy) is 2. The van der Waals surface area contributed by atoms with Crippen LogP contribution in [-0.2, 0) is 14.8 Å². The lowest BCUT2D eigenvalue weighted by atomic mass is 10.2. The zero-order valence-corrected chi connectivity index (χ0v) is 22.5. The van der Waals surface area contributed by atoms with E-state index in [-0.39, 0.29) is 4.90 Å². The third-order valence-electron chi connectivity index (χ3n) is 4.87. The number of hydrogen-bond donors (Lipinski definition) is 1. The minimum Gasteiger partial charge on any atom is -0.490 e. The van der Waals surface area contributed by atoms with Gasteiger partial charge in [-0.2, -0.15) is 5.10 Å². The van der Waals surface area contributed by atoms with Gasteiger partial charge in [-0.15, -0.1) is 0 Å². The molecule has 10 heteroatoms. The fraction of sp³-hybridized carbons (Fsp3) is 0.231. The van der Waals surface area contributed by atoms with E-state index in [0.29, 0.717) is 36.0 Å². The molecule has 0 spiro atoms. The van der Waals surface area contributed by atoms with Crippen molar-refractivity contribution in [2.45, 2.75) is 25.2 Å². The zero-order valence-electron chi connectivity index (χ0n) is 20.1. The normalized spacial score (nSPS) is 11.3. The van der Waals surface area contributed by atoms with Crippen molar-refractivity contribution in [1.29, 1.82) is 0 Å². The van der Waals surface area contributed by atoms with Gasteiger partial charge >= 0.3 is 0 Å². The van der Waals surface area contributed by atoms with Gasteiger partial charge in [0, 0.05) is 4.47 Å². The van der Waals surface area contributed by atoms with Crippen molar-refractivity contribution in [3.05, 3.63) is 82.8 Å². The highest BCUT2D eigenvalue weighted by atomic mass is 79.9. The van der Waals surface area contributed by atoms with Crippen LogP contribution in [0.25, 0.3) is 0 Å². The predicted octanol–water partition coefficient (Wildman–Crippen LogP) is 4.98. The highest BCUT2D eigenvalue weighted by Crippen LogP contribution is 2.28. The molecule has 0 atom stereocenters. The van der Waals surface area contributed by atoms with Crippen LogP contribution < -0.4 is 19.2 Å². The van der Waals surface area contributed by atoms with Crippen molar-refractivity contribution in [3.8, 4) is 11.5 Å². The number of nitrogens with one attached hydrogen (secondary N) is 1. The molecule has 0 aliphatic rings. The van der Waals surface area contributed by atoms with E-state index in [1.54, 1.807) is 60.7 Å². The minimum absolute atomic E-state index is 0.0815. The summed E-state index contributed by atoms with van der Waals surface area (Å²) in [6.45, 7) is 4.49. The maximum absolute atomic E-state index is 13.3. The Morgan fingerprint density at radius 3 is 2.39 bits per heavy atom. The number of benzene rings is 3. The van der Waals surface area contributed by atoms with Gasteiger partial charge in [0.2, 0.25) is 0 Å². The van der Waals surface area contributed by atoms with Crippen LogP contribution in [0.15, 0.2) is 87.3 Å². The highest BCUT2D eigenvalue weighted by molar-refractivity contribution is 9.10. The molecule has 3 rings (SSSR count). The van der Waals surface area contributed by atoms with Crippen molar-refractivity contribution in [1.82, 2.24) is 5.43 Å². The van der Waals surface area contributed by atoms with Gasteiger partial charge < -0.3 is 9.47 Å². The number of halogens is 1. The van der Waals surface area contributed by atoms with Crippen LogP contribution in [0.2, 0.25) is 0 Å². The van der Waals surface area contributed by atoms with E-state index >= 15 is 0 Å². The molecule has 0 bridgehead atoms. The molecule has 1 amide bonds. The number of rotatable bonds is 12. The van der Waals surface area contributed by atoms with Crippen molar-refractivity contribution in [2.75, 3.05) is 24.1 Å². The van der Waals surface area contributed by atoms with Crippen LogP contribution in [0, 0.1) is 0 Å². The summed E-state index contributed by atoms with van der Waals surface area (Å²) in [7, 11) is -3.99. The second-order valence-corrected chi connectivity index (χ2v) is 10.4. The first-order valence-corrected chi connectivity index (χ1v) is 13.6. The second-order valence-electron chi connectivity index (χ2n) is 7.58. The molecule has 0 fully saturated rings. The molecule has 0 aromatic heterocycles. The molecule has 0 heterocycles. The fourth-order valence-corrected chi connectivity index (χ4v) is 4.90. The Labute approximate surface area is 220 Å². The number of hydrazone groups is 1. The topological polar surface area (TPSA) is 97.3 Å². The first-order chi connectivity index (χ1) is 17.3. The summed E-state index contributed by atoms with van der Waals surface area (Å²) in [5.41, 5.74) is 3.45. The summed E-state index contributed by atoms with van der Waals surface area (Å²) in [6, 6.07) is 20.0. The summed E-state index contributed by atoms with van der Waals surface area (Å²) in [6.07, 6.45) is 2.33. The number of amides is 1. The Morgan fingerprint density at radius 2 is 1.72 bits per heavy atom. The number of anilines is 1. The third-order valence-corrected chi connectivity index (χ3v) is 7.18. The predicted molar refractivity (Wildman–Crippen MR) is 144 cm³/mol. The van der Waals surface area contributed by atoms with Gasteiger partial charge in [0.1, 0.15) is 6.54 Å². The Morgan fingerprint density at radius 1 is 1.00 bits per heavy atom. The number of carbonyl (C=O) groups excluding carboxylic acids is 1. The van der Waals surface area contributed by atoms with E-state index in [1.807, 2.05) is 13.8 Å². The Balaban J connectivity index is 1.76. The lowest BCUT2D eigenvalue weighted by Crippen LogP contribution is -2.39. The molecule has 8 nitrogen and oxygen atoms in total. The Hall–Kier alpha value is -3.37. The molecule has 0 saturated carbocycles. The van der Waals surface area contributed by atoms with E-state index in [0.717, 1.165) is 15.2 Å². The molecule has 0 unspecified atom stereocenters. The van der Waals surface area contributed by atoms with E-state index in [2.05, 4.69) is 26.5 Å². The van der Waals surface area contributed by atoms with Gasteiger partial charge in [0.05, 0.1) is 30.0 Å². The van der Waals surface area contributed by atoms with Crippen LogP contribution in [0.3, 0.4) is 0 Å². The first-order valence-electron chi connectivity index (χ1n) is 11.4. The molecule has 0 aliphatic carbocycles. The number of nitrogens with zero attached hydrogens (tertiary/aromatic N) is 2. The van der Waals surface area contributed by atoms with Crippen molar-refractivity contribution < 1.29 is 22.7 Å². The maximum Gasteiger partial charge on any atom is 0.264 e. The summed E-state index contributed by atoms with van der Waals surface area (Å²) in [4.78, 5) is 12.8. The van der Waals surface area contributed by atoms with Gasteiger partial charge in [-0.3, -0.25) is 9.10 Å². The van der Waals surface area contributed by atoms with Crippen LogP contribution in [0.5, 0.6) is 11.5 Å². The number of carbonyl (C=O) groups is 1. The van der Waals surface area contributed by atoms with Crippen LogP contribution in [0.4, 0.5) is 5.69 Å². The molecule has 0 radical (unpaired) electrons. The molecule has 0 aliphatic heterocycles. The van der Waals surface area contributed by atoms with E-state index in [1.165, 1.54) is 18.3 Å². The standard InChI is InChI=1S/C26H28BrN3O5S/c1-3-16-35-24-15-10-20(17-25(24)34-4-2)18-28-29-26(31)19-30(22-13-11-21(27)12-14-22)36(32,33)23-8-6-5-7-9-23/h5-15,17-18H,3-4,16,19H2,1-2H3,(H,29,31)/b28-18+. The van der Waals surface area contributed by atoms with Gasteiger partial charge in [0.25, 0.3) is 15.9 Å². The average Bonchev–Trinajstić information content (AvgIpc) is 2.88. The average molecular weight is 574 g/mol. The van der Waals surface area contributed by atoms with E-state index in [4.69, 9.17) is 9.47 Å². The van der Waals surface area contributed by atoms with Gasteiger partial charge in [-0.25, -0.2) is 13.8 Å². The van der Waals surface area contributed by atoms with Crippen molar-refractivity contribution in [3.63, 3.8) is 0 Å². The van der Waals surface area contributed by atoms with E-state index < -0.39 is 22.5 Å². The second kappa shape index (κ2) is 13.1. The SMILES string of the molecule is CCCOc1ccc(/C=N/NC(=O)CN(c2ccc(Br)cc2)S(=O)(=O)c2ccccc2)cc1OCC. The van der Waals surface area contributed by atoms with Crippen molar-refractivity contribution in [2.24, 2.45) is 5.10 Å². The largest absolute Gasteiger partial charge is 0.490 e. The third kappa shape index (κ3) is 7.32. The molecular weight excluding hydrogens is 546 g/mol. The Bertz CT molecular complexity index is 1280. The van der Waals surface area contributed by atoms with Gasteiger partial charge in [0.15, 0.2) is 11.5 Å². The molecular formula is C26H28BrN3O5S. The monoisotopic (exact) mass is 573 g/mol. The molecule has 36 heavy (non-hydrogen) atoms. The fourth-order valence-electron chi connectivity index (χ4n) is 3.19. The quantitative estimate of drug-likeness (QED) is 0.243.